The first-order chi connectivity index (χ1) is 12.2. The molecular formula is C21H33NO3S. The minimum absolute atomic E-state index is 0.0114. The van der Waals surface area contributed by atoms with E-state index in [4.69, 9.17) is 6.42 Å². The minimum atomic E-state index is -3.56. The third-order valence-electron chi connectivity index (χ3n) is 7.82. The molecule has 1 spiro atoms. The maximum Gasteiger partial charge on any atom is 0.240 e. The van der Waals surface area contributed by atoms with Crippen LogP contribution >= 0.6 is 0 Å². The Morgan fingerprint density at radius 3 is 2.62 bits per heavy atom. The van der Waals surface area contributed by atoms with Gasteiger partial charge in [-0.25, -0.2) is 12.7 Å². The van der Waals surface area contributed by atoms with Crippen molar-refractivity contribution in [1.82, 2.24) is 4.31 Å². The maximum atomic E-state index is 13.2. The lowest BCUT2D eigenvalue weighted by molar-refractivity contribution is -0.131. The average Bonchev–Trinajstić information content (AvgIpc) is 3.08. The lowest BCUT2D eigenvalue weighted by Gasteiger charge is -2.36. The van der Waals surface area contributed by atoms with Gasteiger partial charge in [0.1, 0.15) is 0 Å². The number of fused-ring (bicyclic) bond motifs is 1. The van der Waals surface area contributed by atoms with Gasteiger partial charge in [-0.1, -0.05) is 46.5 Å². The molecule has 5 heteroatoms. The van der Waals surface area contributed by atoms with E-state index in [1.807, 2.05) is 0 Å². The quantitative estimate of drug-likeness (QED) is 0.497. The van der Waals surface area contributed by atoms with Crippen LogP contribution in [0, 0.1) is 35.0 Å². The molecule has 1 heterocycles. The molecule has 3 fully saturated rings. The number of rotatable bonds is 7. The Morgan fingerprint density at radius 1 is 1.31 bits per heavy atom. The third-order valence-corrected chi connectivity index (χ3v) is 10.1. The number of carbonyl (C=O) groups is 1. The van der Waals surface area contributed by atoms with Gasteiger partial charge >= 0.3 is 0 Å². The number of hydrogen-bond acceptors (Lipinski definition) is 3. The van der Waals surface area contributed by atoms with Crippen LogP contribution in [0.3, 0.4) is 0 Å². The minimum Gasteiger partial charge on any atom is -0.273 e. The first kappa shape index (κ1) is 19.7. The van der Waals surface area contributed by atoms with Crippen molar-refractivity contribution in [2.45, 2.75) is 83.8 Å². The number of sulfonamides is 1. The van der Waals surface area contributed by atoms with Gasteiger partial charge in [-0.2, -0.15) is 0 Å². The molecule has 146 valence electrons. The highest BCUT2D eigenvalue weighted by Gasteiger charge is 2.73. The molecule has 3 aliphatic rings. The Kier molecular flexibility index (Phi) is 5.20. The van der Waals surface area contributed by atoms with E-state index in [2.05, 4.69) is 26.7 Å². The van der Waals surface area contributed by atoms with Crippen molar-refractivity contribution in [3.05, 3.63) is 0 Å². The number of terminal acetylenes is 1. The van der Waals surface area contributed by atoms with E-state index in [1.54, 1.807) is 0 Å². The average molecular weight is 380 g/mol. The van der Waals surface area contributed by atoms with Crippen molar-refractivity contribution in [2.24, 2.45) is 22.7 Å². The molecule has 0 aromatic carbocycles. The summed E-state index contributed by atoms with van der Waals surface area (Å²) in [6.45, 7) is 6.93. The summed E-state index contributed by atoms with van der Waals surface area (Å²) in [4.78, 5) is 13.2. The molecule has 2 unspecified atom stereocenters. The summed E-state index contributed by atoms with van der Waals surface area (Å²) in [7, 11) is -3.56. The molecule has 2 aliphatic carbocycles. The number of carbonyl (C=O) groups excluding carboxylic acids is 1. The van der Waals surface area contributed by atoms with E-state index in [0.717, 1.165) is 44.9 Å². The summed E-state index contributed by atoms with van der Waals surface area (Å²) >= 11 is 0. The highest BCUT2D eigenvalue weighted by molar-refractivity contribution is 7.90. The second-order valence-corrected chi connectivity index (χ2v) is 11.2. The Bertz CT molecular complexity index is 705. The van der Waals surface area contributed by atoms with Gasteiger partial charge in [0.15, 0.2) is 0 Å². The fraction of sp³-hybridized carbons (Fsp3) is 0.857. The van der Waals surface area contributed by atoms with Crippen LogP contribution in [0.15, 0.2) is 0 Å². The first-order valence-corrected chi connectivity index (χ1v) is 11.7. The molecule has 2 saturated carbocycles. The molecule has 1 aliphatic heterocycles. The number of amides is 1. The molecule has 0 aromatic heterocycles. The molecule has 2 bridgehead atoms. The van der Waals surface area contributed by atoms with E-state index < -0.39 is 10.0 Å². The molecule has 3 rings (SSSR count). The summed E-state index contributed by atoms with van der Waals surface area (Å²) in [5.74, 6) is 2.46. The molecule has 0 N–H and O–H groups in total. The van der Waals surface area contributed by atoms with Gasteiger partial charge in [0.05, 0.1) is 11.2 Å². The highest BCUT2D eigenvalue weighted by atomic mass is 32.2. The zero-order chi connectivity index (χ0) is 19.2. The lowest BCUT2D eigenvalue weighted by Crippen LogP contribution is -2.41. The SMILES string of the molecule is C#CC[C@H](CCCCCC)C(=O)N1C[C@@]23CCC(CC2S1(=O)=O)C3(C)C. The predicted molar refractivity (Wildman–Crippen MR) is 104 cm³/mol. The van der Waals surface area contributed by atoms with Gasteiger partial charge in [-0.15, -0.1) is 12.3 Å². The molecular weight excluding hydrogens is 346 g/mol. The fourth-order valence-corrected chi connectivity index (χ4v) is 8.62. The van der Waals surface area contributed by atoms with E-state index in [9.17, 15) is 13.2 Å². The van der Waals surface area contributed by atoms with Crippen LogP contribution in [0.25, 0.3) is 0 Å². The second-order valence-electron chi connectivity index (χ2n) is 9.18. The van der Waals surface area contributed by atoms with Crippen molar-refractivity contribution >= 4 is 15.9 Å². The molecule has 0 radical (unpaired) electrons. The Balaban J connectivity index is 1.80. The monoisotopic (exact) mass is 379 g/mol. The second kappa shape index (κ2) is 6.86. The zero-order valence-corrected chi connectivity index (χ0v) is 17.3. The molecule has 4 nitrogen and oxygen atoms in total. The number of nitrogens with zero attached hydrogens (tertiary/aromatic N) is 1. The van der Waals surface area contributed by atoms with Crippen LogP contribution in [-0.4, -0.2) is 30.4 Å². The predicted octanol–water partition coefficient (Wildman–Crippen LogP) is 3.96. The number of unbranched alkanes of at least 4 members (excludes halogenated alkanes) is 3. The Labute approximate surface area is 159 Å². The Morgan fingerprint density at radius 2 is 2.04 bits per heavy atom. The van der Waals surface area contributed by atoms with Crippen LogP contribution in [0.4, 0.5) is 0 Å². The lowest BCUT2D eigenvalue weighted by atomic mass is 9.69. The summed E-state index contributed by atoms with van der Waals surface area (Å²) in [5.41, 5.74) is -0.266. The van der Waals surface area contributed by atoms with E-state index in [1.165, 1.54) is 4.31 Å². The van der Waals surface area contributed by atoms with Crippen molar-refractivity contribution in [2.75, 3.05) is 6.54 Å². The third kappa shape index (κ3) is 2.71. The first-order valence-electron chi connectivity index (χ1n) is 10.2. The molecule has 4 atom stereocenters. The number of hydrogen-bond donors (Lipinski definition) is 0. The van der Waals surface area contributed by atoms with Crippen LogP contribution in [0.1, 0.15) is 78.6 Å². The van der Waals surface area contributed by atoms with Crippen molar-refractivity contribution in [3.63, 3.8) is 0 Å². The van der Waals surface area contributed by atoms with E-state index >= 15 is 0 Å². The van der Waals surface area contributed by atoms with Crippen LogP contribution < -0.4 is 0 Å². The largest absolute Gasteiger partial charge is 0.273 e. The van der Waals surface area contributed by atoms with E-state index in [-0.39, 0.29) is 27.9 Å². The van der Waals surface area contributed by atoms with E-state index in [0.29, 0.717) is 25.3 Å². The van der Waals surface area contributed by atoms with Crippen molar-refractivity contribution in [1.29, 1.82) is 0 Å². The normalized spacial score (nSPS) is 34.5. The summed E-state index contributed by atoms with van der Waals surface area (Å²) in [6.07, 6.45) is 13.5. The highest BCUT2D eigenvalue weighted by Crippen LogP contribution is 2.70. The van der Waals surface area contributed by atoms with Gasteiger partial charge in [0.25, 0.3) is 0 Å². The van der Waals surface area contributed by atoms with Gasteiger partial charge in [-0.05, 0) is 37.0 Å². The van der Waals surface area contributed by atoms with Gasteiger partial charge < -0.3 is 0 Å². The summed E-state index contributed by atoms with van der Waals surface area (Å²) < 4.78 is 27.7. The fourth-order valence-electron chi connectivity index (χ4n) is 5.96. The molecule has 26 heavy (non-hydrogen) atoms. The van der Waals surface area contributed by atoms with Crippen LogP contribution in [0.2, 0.25) is 0 Å². The maximum absolute atomic E-state index is 13.2. The smallest absolute Gasteiger partial charge is 0.240 e. The molecule has 1 amide bonds. The zero-order valence-electron chi connectivity index (χ0n) is 16.5. The van der Waals surface area contributed by atoms with Gasteiger partial charge in [0, 0.05) is 18.4 Å². The van der Waals surface area contributed by atoms with Gasteiger partial charge in [-0.3, -0.25) is 4.79 Å². The van der Waals surface area contributed by atoms with Crippen molar-refractivity contribution in [3.8, 4) is 12.3 Å². The molecule has 1 saturated heterocycles. The van der Waals surface area contributed by atoms with Gasteiger partial charge in [0.2, 0.25) is 15.9 Å². The van der Waals surface area contributed by atoms with Crippen LogP contribution in [0.5, 0.6) is 0 Å². The Hall–Kier alpha value is -1.02. The summed E-state index contributed by atoms with van der Waals surface area (Å²) in [6, 6.07) is 0. The van der Waals surface area contributed by atoms with Crippen molar-refractivity contribution < 1.29 is 13.2 Å². The summed E-state index contributed by atoms with van der Waals surface area (Å²) in [5, 5.41) is -0.376. The molecule has 0 aromatic rings. The standard InChI is InChI=1S/C21H33NO3S/c1-5-7-8-9-11-16(10-6-2)19(23)22-15-21-13-12-17(20(21,3)4)14-18(21)26(22,24)25/h2,16-18H,5,7-15H2,1,3-4H3/t16-,17?,18?,21+/m1/s1. The van der Waals surface area contributed by atoms with Crippen LogP contribution in [-0.2, 0) is 14.8 Å². The topological polar surface area (TPSA) is 54.5 Å².